The number of hydrogen-bond acceptors (Lipinski definition) is 2. The second kappa shape index (κ2) is 5.96. The van der Waals surface area contributed by atoms with Crippen LogP contribution in [0.5, 0.6) is 0 Å². The SMILES string of the molecule is CCc1ccc(C(NC)c2cc3cc(F)ccc3s2)cc1. The van der Waals surface area contributed by atoms with Crippen LogP contribution in [0.2, 0.25) is 0 Å². The topological polar surface area (TPSA) is 12.0 Å². The summed E-state index contributed by atoms with van der Waals surface area (Å²) in [6, 6.07) is 15.9. The average Bonchev–Trinajstić information content (AvgIpc) is 2.91. The van der Waals surface area contributed by atoms with Gasteiger partial charge in [0.05, 0.1) is 6.04 Å². The molecular formula is C18H18FNS. The summed E-state index contributed by atoms with van der Waals surface area (Å²) in [7, 11) is 1.96. The van der Waals surface area contributed by atoms with Crippen molar-refractivity contribution in [3.63, 3.8) is 0 Å². The summed E-state index contributed by atoms with van der Waals surface area (Å²) in [4.78, 5) is 1.21. The predicted molar refractivity (Wildman–Crippen MR) is 88.5 cm³/mol. The molecule has 3 aromatic rings. The first kappa shape index (κ1) is 14.2. The van der Waals surface area contributed by atoms with Crippen LogP contribution in [-0.2, 0) is 6.42 Å². The van der Waals surface area contributed by atoms with Gasteiger partial charge >= 0.3 is 0 Å². The summed E-state index contributed by atoms with van der Waals surface area (Å²) in [5.41, 5.74) is 2.58. The molecule has 108 valence electrons. The molecule has 0 amide bonds. The van der Waals surface area contributed by atoms with Gasteiger partial charge in [-0.25, -0.2) is 4.39 Å². The number of hydrogen-bond donors (Lipinski definition) is 1. The molecule has 1 heterocycles. The first-order chi connectivity index (χ1) is 10.2. The van der Waals surface area contributed by atoms with Gasteiger partial charge in [0.15, 0.2) is 0 Å². The van der Waals surface area contributed by atoms with Crippen LogP contribution in [0.15, 0.2) is 48.5 Å². The van der Waals surface area contributed by atoms with Gasteiger partial charge in [0.1, 0.15) is 5.82 Å². The quantitative estimate of drug-likeness (QED) is 0.721. The third-order valence-corrected chi connectivity index (χ3v) is 4.97. The Hall–Kier alpha value is -1.71. The van der Waals surface area contributed by atoms with Crippen molar-refractivity contribution in [3.05, 3.63) is 70.4 Å². The monoisotopic (exact) mass is 299 g/mol. The third-order valence-electron chi connectivity index (χ3n) is 3.79. The minimum absolute atomic E-state index is 0.149. The Morgan fingerprint density at radius 3 is 2.52 bits per heavy atom. The molecule has 1 nitrogen and oxygen atoms in total. The summed E-state index contributed by atoms with van der Waals surface area (Å²) in [6.45, 7) is 2.16. The number of thiophene rings is 1. The molecule has 0 fully saturated rings. The molecule has 0 spiro atoms. The Kier molecular flexibility index (Phi) is 4.04. The Morgan fingerprint density at radius 2 is 1.86 bits per heavy atom. The van der Waals surface area contributed by atoms with Crippen molar-refractivity contribution in [3.8, 4) is 0 Å². The van der Waals surface area contributed by atoms with Gasteiger partial charge in [-0.3, -0.25) is 0 Å². The number of rotatable bonds is 4. The Bertz CT molecular complexity index is 746. The maximum atomic E-state index is 13.3. The molecule has 0 saturated carbocycles. The molecule has 1 aromatic heterocycles. The van der Waals surface area contributed by atoms with Gasteiger partial charge in [-0.2, -0.15) is 0 Å². The van der Waals surface area contributed by atoms with E-state index in [1.807, 2.05) is 13.1 Å². The molecule has 1 N–H and O–H groups in total. The van der Waals surface area contributed by atoms with Crippen LogP contribution in [-0.4, -0.2) is 7.05 Å². The van der Waals surface area contributed by atoms with Gasteiger partial charge in [0.2, 0.25) is 0 Å². The van der Waals surface area contributed by atoms with E-state index in [1.54, 1.807) is 17.4 Å². The molecule has 1 unspecified atom stereocenters. The molecule has 0 radical (unpaired) electrons. The lowest BCUT2D eigenvalue weighted by molar-refractivity contribution is 0.630. The Morgan fingerprint density at radius 1 is 1.10 bits per heavy atom. The zero-order valence-electron chi connectivity index (χ0n) is 12.2. The van der Waals surface area contributed by atoms with E-state index < -0.39 is 0 Å². The van der Waals surface area contributed by atoms with E-state index in [-0.39, 0.29) is 11.9 Å². The maximum Gasteiger partial charge on any atom is 0.123 e. The van der Waals surface area contributed by atoms with Crippen molar-refractivity contribution in [1.82, 2.24) is 5.32 Å². The summed E-state index contributed by atoms with van der Waals surface area (Å²) in [6.07, 6.45) is 1.05. The highest BCUT2D eigenvalue weighted by Gasteiger charge is 2.15. The van der Waals surface area contributed by atoms with Crippen LogP contribution >= 0.6 is 11.3 Å². The van der Waals surface area contributed by atoms with Crippen LogP contribution in [0, 0.1) is 5.82 Å². The molecule has 0 saturated heterocycles. The van der Waals surface area contributed by atoms with Crippen molar-refractivity contribution in [2.24, 2.45) is 0 Å². The molecular weight excluding hydrogens is 281 g/mol. The lowest BCUT2D eigenvalue weighted by Gasteiger charge is -2.15. The van der Waals surface area contributed by atoms with Gasteiger partial charge < -0.3 is 5.32 Å². The van der Waals surface area contributed by atoms with E-state index in [0.717, 1.165) is 16.5 Å². The fourth-order valence-corrected chi connectivity index (χ4v) is 3.78. The van der Waals surface area contributed by atoms with E-state index in [1.165, 1.54) is 22.1 Å². The first-order valence-corrected chi connectivity index (χ1v) is 7.98. The lowest BCUT2D eigenvalue weighted by atomic mass is 10.0. The largest absolute Gasteiger partial charge is 0.309 e. The minimum atomic E-state index is -0.180. The van der Waals surface area contributed by atoms with E-state index in [2.05, 4.69) is 42.6 Å². The second-order valence-electron chi connectivity index (χ2n) is 5.15. The first-order valence-electron chi connectivity index (χ1n) is 7.16. The van der Waals surface area contributed by atoms with Crippen LogP contribution in [0.25, 0.3) is 10.1 Å². The normalized spacial score (nSPS) is 12.7. The molecule has 0 bridgehead atoms. The van der Waals surface area contributed by atoms with Crippen molar-refractivity contribution in [2.75, 3.05) is 7.05 Å². The number of fused-ring (bicyclic) bond motifs is 1. The van der Waals surface area contributed by atoms with E-state index >= 15 is 0 Å². The molecule has 0 aliphatic heterocycles. The van der Waals surface area contributed by atoms with Crippen LogP contribution in [0.3, 0.4) is 0 Å². The Labute approximate surface area is 128 Å². The van der Waals surface area contributed by atoms with Crippen molar-refractivity contribution < 1.29 is 4.39 Å². The molecule has 0 aliphatic carbocycles. The standard InChI is InChI=1S/C18H18FNS/c1-3-12-4-6-13(7-5-12)18(20-2)17-11-14-10-15(19)8-9-16(14)21-17/h4-11,18,20H,3H2,1-2H3. The maximum absolute atomic E-state index is 13.3. The van der Waals surface area contributed by atoms with Crippen molar-refractivity contribution in [1.29, 1.82) is 0 Å². The molecule has 2 aromatic carbocycles. The predicted octanol–water partition coefficient (Wildman–Crippen LogP) is 4.91. The third kappa shape index (κ3) is 2.85. The fourth-order valence-electron chi connectivity index (χ4n) is 2.60. The number of nitrogens with one attached hydrogen (secondary N) is 1. The van der Waals surface area contributed by atoms with Gasteiger partial charge in [0, 0.05) is 9.58 Å². The van der Waals surface area contributed by atoms with Crippen LogP contribution in [0.4, 0.5) is 4.39 Å². The van der Waals surface area contributed by atoms with E-state index in [9.17, 15) is 4.39 Å². The summed E-state index contributed by atoms with van der Waals surface area (Å²) >= 11 is 1.71. The summed E-state index contributed by atoms with van der Waals surface area (Å²) in [5, 5.41) is 4.34. The van der Waals surface area contributed by atoms with E-state index in [4.69, 9.17) is 0 Å². The second-order valence-corrected chi connectivity index (χ2v) is 6.26. The summed E-state index contributed by atoms with van der Waals surface area (Å²) in [5.74, 6) is -0.180. The minimum Gasteiger partial charge on any atom is -0.309 e. The van der Waals surface area contributed by atoms with Crippen molar-refractivity contribution >= 4 is 21.4 Å². The fraction of sp³-hybridized carbons (Fsp3) is 0.222. The van der Waals surface area contributed by atoms with Crippen LogP contribution < -0.4 is 5.32 Å². The number of halogens is 1. The average molecular weight is 299 g/mol. The number of benzene rings is 2. The van der Waals surface area contributed by atoms with Gasteiger partial charge in [-0.1, -0.05) is 31.2 Å². The lowest BCUT2D eigenvalue weighted by Crippen LogP contribution is -2.16. The van der Waals surface area contributed by atoms with Gasteiger partial charge in [-0.05, 0) is 54.2 Å². The molecule has 1 atom stereocenters. The van der Waals surface area contributed by atoms with Crippen molar-refractivity contribution in [2.45, 2.75) is 19.4 Å². The number of aryl methyl sites for hydroxylation is 1. The Balaban J connectivity index is 2.00. The molecule has 0 aliphatic rings. The van der Waals surface area contributed by atoms with E-state index in [0.29, 0.717) is 0 Å². The highest BCUT2D eigenvalue weighted by molar-refractivity contribution is 7.19. The highest BCUT2D eigenvalue weighted by atomic mass is 32.1. The zero-order chi connectivity index (χ0) is 14.8. The summed E-state index contributed by atoms with van der Waals surface area (Å²) < 4.78 is 14.4. The van der Waals surface area contributed by atoms with Gasteiger partial charge in [-0.15, -0.1) is 11.3 Å². The highest BCUT2D eigenvalue weighted by Crippen LogP contribution is 2.33. The zero-order valence-corrected chi connectivity index (χ0v) is 13.0. The smallest absolute Gasteiger partial charge is 0.123 e. The molecule has 21 heavy (non-hydrogen) atoms. The van der Waals surface area contributed by atoms with Crippen LogP contribution in [0.1, 0.15) is 29.0 Å². The molecule has 3 rings (SSSR count). The van der Waals surface area contributed by atoms with Gasteiger partial charge in [0.25, 0.3) is 0 Å². The molecule has 3 heteroatoms.